The Labute approximate surface area is 90.3 Å². The number of benzene rings is 1. The zero-order valence-electron chi connectivity index (χ0n) is 8.49. The average molecular weight is 226 g/mol. The van der Waals surface area contributed by atoms with Gasteiger partial charge in [-0.15, -0.1) is 0 Å². The highest BCUT2D eigenvalue weighted by Crippen LogP contribution is 2.29. The Balaban J connectivity index is 2.44. The molecule has 16 heavy (non-hydrogen) atoms. The highest BCUT2D eigenvalue weighted by molar-refractivity contribution is 5.39. The first-order chi connectivity index (χ1) is 7.48. The van der Waals surface area contributed by atoms with Gasteiger partial charge in [0.2, 0.25) is 0 Å². The summed E-state index contributed by atoms with van der Waals surface area (Å²) in [6.45, 7) is 1.82. The zero-order chi connectivity index (χ0) is 11.8. The maximum atomic E-state index is 12.4. The second-order valence-corrected chi connectivity index (χ2v) is 3.46. The molecule has 0 saturated heterocycles. The number of para-hydroxylation sites is 1. The summed E-state index contributed by atoms with van der Waals surface area (Å²) in [4.78, 5) is 0. The van der Waals surface area contributed by atoms with Gasteiger partial charge in [-0.1, -0.05) is 18.2 Å². The van der Waals surface area contributed by atoms with E-state index in [9.17, 15) is 13.2 Å². The van der Waals surface area contributed by atoms with Crippen LogP contribution in [0.5, 0.6) is 0 Å². The molecule has 0 amide bonds. The Hall–Kier alpha value is -1.78. The van der Waals surface area contributed by atoms with Crippen LogP contribution >= 0.6 is 0 Å². The van der Waals surface area contributed by atoms with Crippen LogP contribution in [0.4, 0.5) is 13.2 Å². The van der Waals surface area contributed by atoms with Crippen molar-refractivity contribution in [2.24, 2.45) is 0 Å². The van der Waals surface area contributed by atoms with E-state index in [1.165, 1.54) is 4.68 Å². The van der Waals surface area contributed by atoms with Crippen molar-refractivity contribution in [1.82, 2.24) is 9.78 Å². The lowest BCUT2D eigenvalue weighted by Gasteiger charge is -2.05. The highest BCUT2D eigenvalue weighted by Gasteiger charge is 2.32. The van der Waals surface area contributed by atoms with E-state index in [4.69, 9.17) is 0 Å². The lowest BCUT2D eigenvalue weighted by atomic mass is 10.2. The molecule has 0 saturated carbocycles. The van der Waals surface area contributed by atoms with E-state index in [1.807, 2.05) is 19.1 Å². The van der Waals surface area contributed by atoms with Crippen LogP contribution in [0.3, 0.4) is 0 Å². The molecule has 0 aliphatic rings. The average Bonchev–Trinajstić information content (AvgIpc) is 2.66. The molecule has 5 heteroatoms. The highest BCUT2D eigenvalue weighted by atomic mass is 19.4. The summed E-state index contributed by atoms with van der Waals surface area (Å²) in [6.07, 6.45) is -2.53. The van der Waals surface area contributed by atoms with Crippen LogP contribution in [0, 0.1) is 6.92 Å². The second kappa shape index (κ2) is 3.66. The number of rotatable bonds is 1. The minimum Gasteiger partial charge on any atom is -0.240 e. The third-order valence-corrected chi connectivity index (χ3v) is 2.27. The Kier molecular flexibility index (Phi) is 2.46. The lowest BCUT2D eigenvalue weighted by molar-refractivity contribution is -0.137. The van der Waals surface area contributed by atoms with Crippen molar-refractivity contribution in [3.63, 3.8) is 0 Å². The molecular weight excluding hydrogens is 217 g/mol. The molecule has 0 atom stereocenters. The van der Waals surface area contributed by atoms with Crippen molar-refractivity contribution < 1.29 is 13.2 Å². The van der Waals surface area contributed by atoms with Gasteiger partial charge in [-0.05, 0) is 18.6 Å². The van der Waals surface area contributed by atoms with E-state index in [0.717, 1.165) is 18.0 Å². The van der Waals surface area contributed by atoms with Gasteiger partial charge in [0.25, 0.3) is 0 Å². The van der Waals surface area contributed by atoms with Gasteiger partial charge in [0.1, 0.15) is 0 Å². The third kappa shape index (κ3) is 1.93. The molecule has 1 aromatic heterocycles. The van der Waals surface area contributed by atoms with Gasteiger partial charge < -0.3 is 0 Å². The van der Waals surface area contributed by atoms with Crippen LogP contribution in [0.25, 0.3) is 5.69 Å². The van der Waals surface area contributed by atoms with E-state index < -0.39 is 11.7 Å². The summed E-state index contributed by atoms with van der Waals surface area (Å²) < 4.78 is 38.3. The molecule has 0 aliphatic carbocycles. The molecule has 1 aromatic carbocycles. The van der Waals surface area contributed by atoms with E-state index in [-0.39, 0.29) is 0 Å². The van der Waals surface area contributed by atoms with Crippen LogP contribution < -0.4 is 0 Å². The fourth-order valence-electron chi connectivity index (χ4n) is 1.42. The first-order valence-electron chi connectivity index (χ1n) is 4.66. The van der Waals surface area contributed by atoms with Crippen LogP contribution in [0.15, 0.2) is 36.7 Å². The summed E-state index contributed by atoms with van der Waals surface area (Å²) >= 11 is 0. The molecule has 84 valence electrons. The number of aromatic nitrogens is 2. The normalized spacial score (nSPS) is 11.8. The molecule has 0 spiro atoms. The van der Waals surface area contributed by atoms with Crippen molar-refractivity contribution in [2.75, 3.05) is 0 Å². The molecule has 2 rings (SSSR count). The van der Waals surface area contributed by atoms with Gasteiger partial charge >= 0.3 is 6.18 Å². The number of nitrogens with zero attached hydrogens (tertiary/aromatic N) is 2. The van der Waals surface area contributed by atoms with E-state index >= 15 is 0 Å². The van der Waals surface area contributed by atoms with Crippen molar-refractivity contribution in [1.29, 1.82) is 0 Å². The van der Waals surface area contributed by atoms with E-state index in [2.05, 4.69) is 5.10 Å². The van der Waals surface area contributed by atoms with Crippen molar-refractivity contribution in [3.8, 4) is 5.69 Å². The number of hydrogen-bond acceptors (Lipinski definition) is 1. The van der Waals surface area contributed by atoms with Gasteiger partial charge in [-0.25, -0.2) is 4.68 Å². The summed E-state index contributed by atoms with van der Waals surface area (Å²) in [5, 5.41) is 3.71. The first-order valence-corrected chi connectivity index (χ1v) is 4.66. The fourth-order valence-corrected chi connectivity index (χ4v) is 1.42. The molecule has 0 aliphatic heterocycles. The van der Waals surface area contributed by atoms with Gasteiger partial charge in [0, 0.05) is 6.20 Å². The summed E-state index contributed by atoms with van der Waals surface area (Å²) in [7, 11) is 0. The van der Waals surface area contributed by atoms with Gasteiger partial charge in [0.15, 0.2) is 0 Å². The number of alkyl halides is 3. The smallest absolute Gasteiger partial charge is 0.240 e. The van der Waals surface area contributed by atoms with Crippen LogP contribution in [0.1, 0.15) is 11.1 Å². The van der Waals surface area contributed by atoms with E-state index in [0.29, 0.717) is 5.69 Å². The van der Waals surface area contributed by atoms with Crippen molar-refractivity contribution in [2.45, 2.75) is 13.1 Å². The molecule has 0 N–H and O–H groups in total. The van der Waals surface area contributed by atoms with Gasteiger partial charge in [-0.2, -0.15) is 18.3 Å². The van der Waals surface area contributed by atoms with Crippen LogP contribution in [-0.4, -0.2) is 9.78 Å². The summed E-state index contributed by atoms with van der Waals surface area (Å²) in [6, 6.07) is 7.14. The lowest BCUT2D eigenvalue weighted by Crippen LogP contribution is -2.03. The number of aryl methyl sites for hydroxylation is 1. The molecule has 0 fully saturated rings. The summed E-state index contributed by atoms with van der Waals surface area (Å²) in [5.41, 5.74) is 0.785. The largest absolute Gasteiger partial charge is 0.419 e. The molecule has 0 radical (unpaired) electrons. The SMILES string of the molecule is Cc1ccccc1-n1cc(C(F)(F)F)cn1. The van der Waals surface area contributed by atoms with Crippen LogP contribution in [0.2, 0.25) is 0 Å². The predicted octanol–water partition coefficient (Wildman–Crippen LogP) is 3.20. The molecule has 1 heterocycles. The molecule has 2 nitrogen and oxygen atoms in total. The third-order valence-electron chi connectivity index (χ3n) is 2.27. The minimum atomic E-state index is -4.35. The Morgan fingerprint density at radius 1 is 1.19 bits per heavy atom. The maximum Gasteiger partial charge on any atom is 0.419 e. The molecule has 0 bridgehead atoms. The number of halogens is 3. The Morgan fingerprint density at radius 3 is 2.44 bits per heavy atom. The second-order valence-electron chi connectivity index (χ2n) is 3.46. The first kappa shape index (κ1) is 10.7. The topological polar surface area (TPSA) is 17.8 Å². The van der Waals surface area contributed by atoms with Gasteiger partial charge in [0.05, 0.1) is 17.4 Å². The van der Waals surface area contributed by atoms with Gasteiger partial charge in [-0.3, -0.25) is 0 Å². The maximum absolute atomic E-state index is 12.4. The molecular formula is C11H9F3N2. The number of hydrogen-bond donors (Lipinski definition) is 0. The summed E-state index contributed by atoms with van der Waals surface area (Å²) in [5.74, 6) is 0. The minimum absolute atomic E-state index is 0.651. The van der Waals surface area contributed by atoms with Crippen molar-refractivity contribution in [3.05, 3.63) is 47.8 Å². The molecule has 2 aromatic rings. The van der Waals surface area contributed by atoms with E-state index in [1.54, 1.807) is 12.1 Å². The zero-order valence-corrected chi connectivity index (χ0v) is 8.49. The van der Waals surface area contributed by atoms with Crippen LogP contribution in [-0.2, 0) is 6.18 Å². The molecule has 0 unspecified atom stereocenters. The fraction of sp³-hybridized carbons (Fsp3) is 0.182. The quantitative estimate of drug-likeness (QED) is 0.730. The Morgan fingerprint density at radius 2 is 1.88 bits per heavy atom. The predicted molar refractivity (Wildman–Crippen MR) is 53.3 cm³/mol. The standard InChI is InChI=1S/C11H9F3N2/c1-8-4-2-3-5-10(8)16-7-9(6-15-16)11(12,13)14/h2-7H,1H3. The Bertz CT molecular complexity index is 500. The van der Waals surface area contributed by atoms with Crippen molar-refractivity contribution >= 4 is 0 Å². The monoisotopic (exact) mass is 226 g/mol.